The highest BCUT2D eigenvalue weighted by Crippen LogP contribution is 2.25. The lowest BCUT2D eigenvalue weighted by atomic mass is 10.2. The highest BCUT2D eigenvalue weighted by atomic mass is 32.1. The Labute approximate surface area is 140 Å². The molecule has 2 aromatic rings. The Morgan fingerprint density at radius 2 is 2.00 bits per heavy atom. The number of piperazine rings is 1. The zero-order valence-electron chi connectivity index (χ0n) is 13.7. The number of aromatic nitrogens is 1. The van der Waals surface area contributed by atoms with E-state index in [0.717, 1.165) is 61.6 Å². The molecule has 1 saturated heterocycles. The first-order valence-electron chi connectivity index (χ1n) is 8.12. The maximum Gasteiger partial charge on any atom is 0.348 e. The van der Waals surface area contributed by atoms with Gasteiger partial charge in [-0.05, 0) is 18.7 Å². The molecule has 23 heavy (non-hydrogen) atoms. The SMILES string of the molecule is CCN1CCN(CCc2ccc3cc(C(=O)OC)sc3n2)CC1. The summed E-state index contributed by atoms with van der Waals surface area (Å²) >= 11 is 1.40. The van der Waals surface area contributed by atoms with Gasteiger partial charge in [-0.3, -0.25) is 0 Å². The Bertz CT molecular complexity index is 678. The molecule has 0 amide bonds. The molecule has 5 nitrogen and oxygen atoms in total. The number of rotatable bonds is 5. The van der Waals surface area contributed by atoms with Crippen molar-refractivity contribution < 1.29 is 9.53 Å². The average Bonchev–Trinajstić information content (AvgIpc) is 3.03. The minimum absolute atomic E-state index is 0.289. The standard InChI is InChI=1S/C17H23N3O2S/c1-3-19-8-10-20(11-9-19)7-6-14-5-4-13-12-15(17(21)22-2)23-16(13)18-14/h4-5,12H,3,6-11H2,1-2H3. The normalized spacial score (nSPS) is 16.8. The zero-order valence-corrected chi connectivity index (χ0v) is 14.6. The Hall–Kier alpha value is -1.50. The van der Waals surface area contributed by atoms with E-state index in [1.54, 1.807) is 0 Å². The summed E-state index contributed by atoms with van der Waals surface area (Å²) in [5.74, 6) is -0.289. The van der Waals surface area contributed by atoms with Crippen LogP contribution in [0.3, 0.4) is 0 Å². The fraction of sp³-hybridized carbons (Fsp3) is 0.529. The minimum atomic E-state index is -0.289. The van der Waals surface area contributed by atoms with Crippen LogP contribution in [-0.2, 0) is 11.2 Å². The number of likely N-dealkylation sites (N-methyl/N-ethyl adjacent to an activating group) is 1. The van der Waals surface area contributed by atoms with Gasteiger partial charge in [0.05, 0.1) is 7.11 Å². The monoisotopic (exact) mass is 333 g/mol. The molecule has 0 N–H and O–H groups in total. The van der Waals surface area contributed by atoms with Crippen LogP contribution in [0.25, 0.3) is 10.2 Å². The molecule has 0 aromatic carbocycles. The Kier molecular flexibility index (Phi) is 5.25. The van der Waals surface area contributed by atoms with E-state index in [2.05, 4.69) is 28.9 Å². The number of carbonyl (C=O) groups is 1. The molecular formula is C17H23N3O2S. The summed E-state index contributed by atoms with van der Waals surface area (Å²) in [6.07, 6.45) is 0.952. The Morgan fingerprint density at radius 1 is 1.26 bits per heavy atom. The summed E-state index contributed by atoms with van der Waals surface area (Å²) in [6.45, 7) is 9.02. The summed E-state index contributed by atoms with van der Waals surface area (Å²) in [5, 5.41) is 1.01. The van der Waals surface area contributed by atoms with Gasteiger partial charge >= 0.3 is 5.97 Å². The van der Waals surface area contributed by atoms with E-state index >= 15 is 0 Å². The van der Waals surface area contributed by atoms with Crippen LogP contribution in [-0.4, -0.2) is 67.1 Å². The van der Waals surface area contributed by atoms with Crippen LogP contribution in [0.5, 0.6) is 0 Å². The lowest BCUT2D eigenvalue weighted by Crippen LogP contribution is -2.46. The van der Waals surface area contributed by atoms with Crippen molar-refractivity contribution in [3.05, 3.63) is 28.8 Å². The zero-order chi connectivity index (χ0) is 16.2. The van der Waals surface area contributed by atoms with E-state index in [9.17, 15) is 4.79 Å². The van der Waals surface area contributed by atoms with Crippen LogP contribution in [0, 0.1) is 0 Å². The lowest BCUT2D eigenvalue weighted by Gasteiger charge is -2.33. The molecule has 0 bridgehead atoms. The molecule has 1 aliphatic heterocycles. The van der Waals surface area contributed by atoms with Gasteiger partial charge in [0.2, 0.25) is 0 Å². The van der Waals surface area contributed by atoms with Crippen LogP contribution in [0.15, 0.2) is 18.2 Å². The predicted octanol–water partition coefficient (Wildman–Crippen LogP) is 2.26. The summed E-state index contributed by atoms with van der Waals surface area (Å²) in [7, 11) is 1.41. The molecule has 1 aliphatic rings. The molecule has 3 rings (SSSR count). The molecule has 2 aromatic heterocycles. The molecule has 6 heteroatoms. The van der Waals surface area contributed by atoms with E-state index in [1.807, 2.05) is 6.07 Å². The summed E-state index contributed by atoms with van der Waals surface area (Å²) in [6, 6.07) is 5.97. The van der Waals surface area contributed by atoms with Crippen molar-refractivity contribution in [1.29, 1.82) is 0 Å². The van der Waals surface area contributed by atoms with Crippen molar-refractivity contribution in [1.82, 2.24) is 14.8 Å². The van der Waals surface area contributed by atoms with Crippen molar-refractivity contribution >= 4 is 27.5 Å². The molecular weight excluding hydrogens is 310 g/mol. The molecule has 124 valence electrons. The third-order valence-corrected chi connectivity index (χ3v) is 5.45. The third kappa shape index (κ3) is 3.88. The smallest absolute Gasteiger partial charge is 0.348 e. The van der Waals surface area contributed by atoms with Gasteiger partial charge in [-0.25, -0.2) is 9.78 Å². The Balaban J connectivity index is 1.61. The van der Waals surface area contributed by atoms with Gasteiger partial charge in [0.15, 0.2) is 0 Å². The van der Waals surface area contributed by atoms with E-state index in [0.29, 0.717) is 4.88 Å². The molecule has 0 atom stereocenters. The highest BCUT2D eigenvalue weighted by Gasteiger charge is 2.16. The summed E-state index contributed by atoms with van der Waals surface area (Å²) in [4.78, 5) is 22.8. The van der Waals surface area contributed by atoms with Crippen LogP contribution in [0.4, 0.5) is 0 Å². The van der Waals surface area contributed by atoms with Gasteiger partial charge in [-0.2, -0.15) is 0 Å². The quantitative estimate of drug-likeness (QED) is 0.786. The first-order chi connectivity index (χ1) is 11.2. The van der Waals surface area contributed by atoms with Crippen LogP contribution < -0.4 is 0 Å². The van der Waals surface area contributed by atoms with Gasteiger partial charge < -0.3 is 14.5 Å². The van der Waals surface area contributed by atoms with Gasteiger partial charge in [0, 0.05) is 50.2 Å². The lowest BCUT2D eigenvalue weighted by molar-refractivity contribution is 0.0606. The van der Waals surface area contributed by atoms with E-state index in [-0.39, 0.29) is 5.97 Å². The number of hydrogen-bond acceptors (Lipinski definition) is 6. The number of fused-ring (bicyclic) bond motifs is 1. The summed E-state index contributed by atoms with van der Waals surface area (Å²) in [5.41, 5.74) is 1.09. The van der Waals surface area contributed by atoms with E-state index in [4.69, 9.17) is 9.72 Å². The first-order valence-corrected chi connectivity index (χ1v) is 8.93. The van der Waals surface area contributed by atoms with Crippen molar-refractivity contribution in [3.8, 4) is 0 Å². The number of nitrogens with zero attached hydrogens (tertiary/aromatic N) is 3. The largest absolute Gasteiger partial charge is 0.465 e. The number of hydrogen-bond donors (Lipinski definition) is 0. The molecule has 3 heterocycles. The van der Waals surface area contributed by atoms with Crippen molar-refractivity contribution in [2.75, 3.05) is 46.4 Å². The second-order valence-electron chi connectivity index (χ2n) is 5.83. The van der Waals surface area contributed by atoms with Crippen molar-refractivity contribution in [3.63, 3.8) is 0 Å². The van der Waals surface area contributed by atoms with Gasteiger partial charge in [0.1, 0.15) is 9.71 Å². The fourth-order valence-corrected chi connectivity index (χ4v) is 3.87. The topological polar surface area (TPSA) is 45.7 Å². The fourth-order valence-electron chi connectivity index (χ4n) is 2.90. The average molecular weight is 333 g/mol. The second-order valence-corrected chi connectivity index (χ2v) is 6.86. The summed E-state index contributed by atoms with van der Waals surface area (Å²) < 4.78 is 4.77. The number of thiophene rings is 1. The van der Waals surface area contributed by atoms with Gasteiger partial charge in [0.25, 0.3) is 0 Å². The van der Waals surface area contributed by atoms with Crippen LogP contribution >= 0.6 is 11.3 Å². The highest BCUT2D eigenvalue weighted by molar-refractivity contribution is 7.20. The van der Waals surface area contributed by atoms with Gasteiger partial charge in [-0.15, -0.1) is 11.3 Å². The number of pyridine rings is 1. The number of ether oxygens (including phenoxy) is 1. The van der Waals surface area contributed by atoms with E-state index in [1.165, 1.54) is 18.4 Å². The molecule has 0 spiro atoms. The number of methoxy groups -OCH3 is 1. The molecule has 0 radical (unpaired) electrons. The molecule has 0 unspecified atom stereocenters. The first kappa shape index (κ1) is 16.4. The van der Waals surface area contributed by atoms with E-state index < -0.39 is 0 Å². The van der Waals surface area contributed by atoms with Crippen LogP contribution in [0.1, 0.15) is 22.3 Å². The second kappa shape index (κ2) is 7.38. The van der Waals surface area contributed by atoms with Crippen molar-refractivity contribution in [2.45, 2.75) is 13.3 Å². The van der Waals surface area contributed by atoms with Gasteiger partial charge in [-0.1, -0.05) is 13.0 Å². The Morgan fingerprint density at radius 3 is 2.70 bits per heavy atom. The minimum Gasteiger partial charge on any atom is -0.465 e. The maximum absolute atomic E-state index is 11.6. The van der Waals surface area contributed by atoms with Crippen molar-refractivity contribution in [2.24, 2.45) is 0 Å². The predicted molar refractivity (Wildman–Crippen MR) is 93.2 cm³/mol. The third-order valence-electron chi connectivity index (χ3n) is 4.42. The number of carbonyl (C=O) groups excluding carboxylic acids is 1. The molecule has 1 fully saturated rings. The molecule has 0 saturated carbocycles. The maximum atomic E-state index is 11.6. The molecule has 0 aliphatic carbocycles. The number of esters is 1. The van der Waals surface area contributed by atoms with Crippen LogP contribution in [0.2, 0.25) is 0 Å².